The summed E-state index contributed by atoms with van der Waals surface area (Å²) >= 11 is 0. The van der Waals surface area contributed by atoms with Gasteiger partial charge in [0.05, 0.1) is 13.2 Å². The fraction of sp³-hybridized carbons (Fsp3) is 0.938. The highest BCUT2D eigenvalue weighted by atomic mass is 16.6. The van der Waals surface area contributed by atoms with Crippen molar-refractivity contribution >= 4 is 5.97 Å². The van der Waals surface area contributed by atoms with Crippen molar-refractivity contribution in [3.05, 3.63) is 0 Å². The van der Waals surface area contributed by atoms with E-state index in [9.17, 15) is 4.79 Å². The molecule has 132 valence electrons. The van der Waals surface area contributed by atoms with Gasteiger partial charge in [-0.2, -0.15) is 0 Å². The first-order chi connectivity index (χ1) is 10.4. The van der Waals surface area contributed by atoms with E-state index in [1.54, 1.807) is 0 Å². The Hall–Kier alpha value is -0.690. The fourth-order valence-electron chi connectivity index (χ4n) is 2.12. The molecule has 0 rings (SSSR count). The average molecular weight is 317 g/mol. The van der Waals surface area contributed by atoms with Crippen molar-refractivity contribution in [3.63, 3.8) is 0 Å². The van der Waals surface area contributed by atoms with Crippen molar-refractivity contribution in [2.45, 2.75) is 52.1 Å². The zero-order valence-corrected chi connectivity index (χ0v) is 14.6. The molecule has 0 radical (unpaired) electrons. The standard InChI is InChI=1S/C16H35N3O3/c1-16(2,3)22-15(21)14-18-9-11-19(12-13-20)10-7-5-4-6-8-17/h18,20H,4-14,17H2,1-3H3. The first-order valence-electron chi connectivity index (χ1n) is 8.35. The number of hydrogen-bond acceptors (Lipinski definition) is 6. The maximum Gasteiger partial charge on any atom is 0.320 e. The van der Waals surface area contributed by atoms with Gasteiger partial charge in [-0.3, -0.25) is 9.69 Å². The van der Waals surface area contributed by atoms with Crippen LogP contribution in [0.15, 0.2) is 0 Å². The second-order valence-electron chi connectivity index (χ2n) is 6.53. The number of unbranched alkanes of at least 4 members (excludes halogenated alkanes) is 3. The Labute approximate surface area is 135 Å². The average Bonchev–Trinajstić information content (AvgIpc) is 2.41. The number of nitrogens with one attached hydrogen (secondary N) is 1. The van der Waals surface area contributed by atoms with Crippen LogP contribution < -0.4 is 11.1 Å². The molecule has 0 spiro atoms. The molecule has 4 N–H and O–H groups in total. The Balaban J connectivity index is 3.74. The SMILES string of the molecule is CC(C)(C)OC(=O)CNCCN(CCO)CCCCCCN. The van der Waals surface area contributed by atoms with Gasteiger partial charge >= 0.3 is 5.97 Å². The second-order valence-corrected chi connectivity index (χ2v) is 6.53. The number of carbonyl (C=O) groups is 1. The zero-order chi connectivity index (χ0) is 16.8. The number of aliphatic hydroxyl groups is 1. The van der Waals surface area contributed by atoms with Gasteiger partial charge in [0.15, 0.2) is 0 Å². The molecule has 6 nitrogen and oxygen atoms in total. The maximum absolute atomic E-state index is 11.6. The number of esters is 1. The molecule has 0 aromatic rings. The van der Waals surface area contributed by atoms with E-state index in [-0.39, 0.29) is 19.1 Å². The lowest BCUT2D eigenvalue weighted by atomic mass is 10.2. The van der Waals surface area contributed by atoms with E-state index in [4.69, 9.17) is 15.6 Å². The summed E-state index contributed by atoms with van der Waals surface area (Å²) in [5.41, 5.74) is 5.03. The third kappa shape index (κ3) is 14.3. The molecule has 0 bridgehead atoms. The molecular weight excluding hydrogens is 282 g/mol. The minimum absolute atomic E-state index is 0.162. The Morgan fingerprint density at radius 1 is 1.14 bits per heavy atom. The van der Waals surface area contributed by atoms with Crippen LogP contribution in [0.2, 0.25) is 0 Å². The molecule has 0 aliphatic heterocycles. The first-order valence-corrected chi connectivity index (χ1v) is 8.35. The highest BCUT2D eigenvalue weighted by molar-refractivity contribution is 5.72. The predicted octanol–water partition coefficient (Wildman–Crippen LogP) is 0.731. The Kier molecular flexibility index (Phi) is 12.4. The number of nitrogens with two attached hydrogens (primary N) is 1. The minimum Gasteiger partial charge on any atom is -0.459 e. The van der Waals surface area contributed by atoms with Crippen LogP contribution in [0.3, 0.4) is 0 Å². The van der Waals surface area contributed by atoms with Crippen LogP contribution in [0, 0.1) is 0 Å². The highest BCUT2D eigenvalue weighted by Crippen LogP contribution is 2.06. The van der Waals surface area contributed by atoms with Gasteiger partial charge in [-0.05, 0) is 46.7 Å². The number of hydrogen-bond donors (Lipinski definition) is 3. The molecule has 22 heavy (non-hydrogen) atoms. The molecule has 0 aliphatic rings. The van der Waals surface area contributed by atoms with Gasteiger partial charge in [0.1, 0.15) is 5.60 Å². The summed E-state index contributed by atoms with van der Waals surface area (Å²) in [4.78, 5) is 13.8. The van der Waals surface area contributed by atoms with Crippen LogP contribution in [0.1, 0.15) is 46.5 Å². The van der Waals surface area contributed by atoms with E-state index in [2.05, 4.69) is 10.2 Å². The van der Waals surface area contributed by atoms with Gasteiger partial charge in [0, 0.05) is 19.6 Å². The third-order valence-electron chi connectivity index (χ3n) is 3.14. The van der Waals surface area contributed by atoms with E-state index in [1.165, 1.54) is 12.8 Å². The second kappa shape index (κ2) is 12.8. The lowest BCUT2D eigenvalue weighted by Gasteiger charge is -2.22. The lowest BCUT2D eigenvalue weighted by Crippen LogP contribution is -2.38. The summed E-state index contributed by atoms with van der Waals surface area (Å²) in [7, 11) is 0. The highest BCUT2D eigenvalue weighted by Gasteiger charge is 2.15. The summed E-state index contributed by atoms with van der Waals surface area (Å²) in [6.45, 7) is 9.90. The Morgan fingerprint density at radius 3 is 2.41 bits per heavy atom. The van der Waals surface area contributed by atoms with Crippen LogP contribution in [-0.4, -0.2) is 67.5 Å². The number of nitrogens with zero attached hydrogens (tertiary/aromatic N) is 1. The molecule has 0 amide bonds. The quantitative estimate of drug-likeness (QED) is 0.343. The van der Waals surface area contributed by atoms with Crippen LogP contribution in [0.5, 0.6) is 0 Å². The number of carbonyl (C=O) groups excluding carboxylic acids is 1. The van der Waals surface area contributed by atoms with Crippen LogP contribution in [-0.2, 0) is 9.53 Å². The summed E-state index contributed by atoms with van der Waals surface area (Å²) < 4.78 is 5.23. The summed E-state index contributed by atoms with van der Waals surface area (Å²) in [5.74, 6) is -0.233. The largest absolute Gasteiger partial charge is 0.459 e. The molecule has 6 heteroatoms. The van der Waals surface area contributed by atoms with E-state index >= 15 is 0 Å². The van der Waals surface area contributed by atoms with Crippen molar-refractivity contribution < 1.29 is 14.6 Å². The van der Waals surface area contributed by atoms with Crippen molar-refractivity contribution in [1.29, 1.82) is 0 Å². The van der Waals surface area contributed by atoms with Gasteiger partial charge < -0.3 is 20.9 Å². The zero-order valence-electron chi connectivity index (χ0n) is 14.6. The van der Waals surface area contributed by atoms with E-state index in [0.29, 0.717) is 13.1 Å². The van der Waals surface area contributed by atoms with Gasteiger partial charge in [-0.1, -0.05) is 12.8 Å². The molecule has 0 saturated carbocycles. The first kappa shape index (κ1) is 21.3. The molecule has 0 saturated heterocycles. The molecule has 0 heterocycles. The molecule has 0 unspecified atom stereocenters. The molecule has 0 fully saturated rings. The maximum atomic E-state index is 11.6. The Bertz CT molecular complexity index is 280. The normalized spacial score (nSPS) is 11.9. The van der Waals surface area contributed by atoms with Gasteiger partial charge in [0.25, 0.3) is 0 Å². The van der Waals surface area contributed by atoms with Crippen molar-refractivity contribution in [2.75, 3.05) is 45.9 Å². The van der Waals surface area contributed by atoms with E-state index in [1.807, 2.05) is 20.8 Å². The number of rotatable bonds is 13. The molecular formula is C16H35N3O3. The summed E-state index contributed by atoms with van der Waals surface area (Å²) in [6, 6.07) is 0. The van der Waals surface area contributed by atoms with Crippen molar-refractivity contribution in [1.82, 2.24) is 10.2 Å². The van der Waals surface area contributed by atoms with Crippen LogP contribution in [0.4, 0.5) is 0 Å². The lowest BCUT2D eigenvalue weighted by molar-refractivity contribution is -0.153. The minimum atomic E-state index is -0.439. The van der Waals surface area contributed by atoms with Gasteiger partial charge in [-0.15, -0.1) is 0 Å². The molecule has 0 aliphatic carbocycles. The van der Waals surface area contributed by atoms with Gasteiger partial charge in [-0.25, -0.2) is 0 Å². The van der Waals surface area contributed by atoms with Crippen molar-refractivity contribution in [2.24, 2.45) is 5.73 Å². The van der Waals surface area contributed by atoms with Crippen molar-refractivity contribution in [3.8, 4) is 0 Å². The van der Waals surface area contributed by atoms with E-state index < -0.39 is 5.60 Å². The molecule has 0 aromatic carbocycles. The third-order valence-corrected chi connectivity index (χ3v) is 3.14. The summed E-state index contributed by atoms with van der Waals surface area (Å²) in [6.07, 6.45) is 4.54. The predicted molar refractivity (Wildman–Crippen MR) is 89.8 cm³/mol. The fourth-order valence-corrected chi connectivity index (χ4v) is 2.12. The van der Waals surface area contributed by atoms with Crippen LogP contribution >= 0.6 is 0 Å². The van der Waals surface area contributed by atoms with E-state index in [0.717, 1.165) is 32.5 Å². The number of aliphatic hydroxyl groups excluding tert-OH is 1. The Morgan fingerprint density at radius 2 is 1.82 bits per heavy atom. The molecule has 0 aromatic heterocycles. The van der Waals surface area contributed by atoms with Gasteiger partial charge in [0.2, 0.25) is 0 Å². The topological polar surface area (TPSA) is 87.8 Å². The number of ether oxygens (including phenoxy) is 1. The summed E-state index contributed by atoms with van der Waals surface area (Å²) in [5, 5.41) is 12.2. The smallest absolute Gasteiger partial charge is 0.320 e. The monoisotopic (exact) mass is 317 g/mol. The molecule has 0 atom stereocenters. The van der Waals surface area contributed by atoms with Crippen LogP contribution in [0.25, 0.3) is 0 Å².